The van der Waals surface area contributed by atoms with E-state index in [2.05, 4.69) is 13.8 Å². The number of carbonyl (C=O) groups excluding carboxylic acids is 2. The second-order valence-corrected chi connectivity index (χ2v) is 15.8. The van der Waals surface area contributed by atoms with Gasteiger partial charge in [0.15, 0.2) is 15.1 Å². The molecule has 0 heterocycles. The number of hydrogen-bond acceptors (Lipinski definition) is 7. The topological polar surface area (TPSA) is 91.3 Å². The molecule has 0 saturated carbocycles. The summed E-state index contributed by atoms with van der Waals surface area (Å²) in [4.78, 5) is 25.0. The Balaban J connectivity index is 4.20. The highest BCUT2D eigenvalue weighted by Crippen LogP contribution is 2.18. The Bertz CT molecular complexity index is 734. The maximum Gasteiger partial charge on any atom is 0.306 e. The first-order valence-corrected chi connectivity index (χ1v) is 21.3. The number of carbonyl (C=O) groups is 2. The molecule has 0 aliphatic carbocycles. The summed E-state index contributed by atoms with van der Waals surface area (Å²) in [5, 5.41) is 10.1. The third-order valence-electron chi connectivity index (χ3n) is 9.21. The molecule has 0 radical (unpaired) electrons. The minimum atomic E-state index is -0.676. The van der Waals surface area contributed by atoms with Crippen molar-refractivity contribution in [2.75, 3.05) is 41.0 Å². The molecule has 0 aliphatic rings. The summed E-state index contributed by atoms with van der Waals surface area (Å²) in [7, 11) is 5.35. The van der Waals surface area contributed by atoms with Gasteiger partial charge in [-0.3, -0.25) is 9.59 Å². The van der Waals surface area contributed by atoms with Gasteiger partial charge in [0.1, 0.15) is 13.2 Å². The van der Waals surface area contributed by atoms with Gasteiger partial charge in [0.05, 0.1) is 27.7 Å². The van der Waals surface area contributed by atoms with Crippen LogP contribution in [0.4, 0.5) is 0 Å². The van der Waals surface area contributed by atoms with Crippen LogP contribution < -0.4 is 0 Å². The van der Waals surface area contributed by atoms with Crippen LogP contribution in [0, 0.1) is 0 Å². The van der Waals surface area contributed by atoms with Crippen molar-refractivity contribution in [3.8, 4) is 0 Å². The van der Waals surface area contributed by atoms with Gasteiger partial charge >= 0.3 is 11.9 Å². The van der Waals surface area contributed by atoms with Crippen molar-refractivity contribution >= 4 is 21.0 Å². The number of esters is 2. The first-order valence-electron chi connectivity index (χ1n) is 20.5. The molecule has 0 aromatic heterocycles. The average molecular weight is 719 g/mol. The van der Waals surface area contributed by atoms with E-state index in [4.69, 9.17) is 18.5 Å². The fourth-order valence-corrected chi connectivity index (χ4v) is 6.25. The number of aliphatic hydroxyl groups excluding tert-OH is 1. The first kappa shape index (κ1) is 48.2. The molecule has 0 aromatic rings. The lowest BCUT2D eigenvalue weighted by Gasteiger charge is -2.29. The quantitative estimate of drug-likeness (QED) is 0.0223. The first-order chi connectivity index (χ1) is 23.7. The molecular weight excluding hydrogens is 637 g/mol. The van der Waals surface area contributed by atoms with Gasteiger partial charge in [0, 0.05) is 12.8 Å². The van der Waals surface area contributed by atoms with Crippen molar-refractivity contribution < 1.29 is 37.7 Å². The molecule has 3 atom stereocenters. The number of nitrogens with zero attached hydrogens (tertiary/aromatic N) is 1. The van der Waals surface area contributed by atoms with Crippen molar-refractivity contribution in [2.45, 2.75) is 206 Å². The van der Waals surface area contributed by atoms with Crippen molar-refractivity contribution in [3.05, 3.63) is 0 Å². The Morgan fingerprint density at radius 1 is 0.510 bits per heavy atom. The maximum atomic E-state index is 12.6. The number of likely N-dealkylation sites (N-methyl/N-ethyl adjacent to an activating group) is 1. The van der Waals surface area contributed by atoms with E-state index < -0.39 is 12.3 Å². The second kappa shape index (κ2) is 35.6. The highest BCUT2D eigenvalue weighted by atomic mass is 31.1. The lowest BCUT2D eigenvalue weighted by Crippen LogP contribution is -2.47. The molecule has 3 unspecified atom stereocenters. The van der Waals surface area contributed by atoms with Gasteiger partial charge in [0.25, 0.3) is 0 Å². The van der Waals surface area contributed by atoms with E-state index >= 15 is 0 Å². The molecule has 0 fully saturated rings. The van der Waals surface area contributed by atoms with Crippen LogP contribution in [-0.2, 0) is 28.1 Å². The van der Waals surface area contributed by atoms with Gasteiger partial charge in [-0.1, -0.05) is 168 Å². The van der Waals surface area contributed by atoms with Crippen LogP contribution in [0.5, 0.6) is 0 Å². The molecule has 0 spiro atoms. The molecule has 9 heteroatoms. The Morgan fingerprint density at radius 3 is 1.24 bits per heavy atom. The van der Waals surface area contributed by atoms with Crippen LogP contribution in [0.15, 0.2) is 0 Å². The zero-order chi connectivity index (χ0) is 36.3. The Morgan fingerprint density at radius 2 is 0.857 bits per heavy atom. The van der Waals surface area contributed by atoms with E-state index in [1.165, 1.54) is 128 Å². The van der Waals surface area contributed by atoms with Gasteiger partial charge in [-0.2, -0.15) is 0 Å². The summed E-state index contributed by atoms with van der Waals surface area (Å²) in [6.07, 6.45) is 32.1. The molecule has 1 N–H and O–H groups in total. The molecule has 0 saturated heterocycles. The van der Waals surface area contributed by atoms with Crippen LogP contribution in [-0.4, -0.2) is 74.8 Å². The van der Waals surface area contributed by atoms with Crippen LogP contribution in [0.25, 0.3) is 0 Å². The molecule has 0 rings (SSSR count). The third kappa shape index (κ3) is 35.4. The number of aliphatic hydroxyl groups is 1. The lowest BCUT2D eigenvalue weighted by atomic mass is 10.0. The predicted octanol–water partition coefficient (Wildman–Crippen LogP) is 11.0. The number of unbranched alkanes of at least 4 members (excludes halogenated alkanes) is 24. The van der Waals surface area contributed by atoms with E-state index in [0.29, 0.717) is 17.3 Å². The standard InChI is InChI=1S/C40H81NO7P/c1-6-8-10-12-14-16-18-20-22-24-26-28-30-32-39(43)45-34-37(35-46-49-47-36-38(42)41(3,4)5)48-40(44)33-31-29-27-25-23-21-19-17-15-13-11-9-7-2/h37-38,42,49H,6-36H2,1-5H3/q+1. The monoisotopic (exact) mass is 719 g/mol. The molecule has 49 heavy (non-hydrogen) atoms. The second-order valence-electron chi connectivity index (χ2n) is 15.1. The summed E-state index contributed by atoms with van der Waals surface area (Å²) >= 11 is 0. The van der Waals surface area contributed by atoms with E-state index in [1.807, 2.05) is 21.1 Å². The maximum absolute atomic E-state index is 12.6. The minimum absolute atomic E-state index is 0.0202. The van der Waals surface area contributed by atoms with E-state index in [1.54, 1.807) is 0 Å². The SMILES string of the molecule is CCCCCCCCCCCCCCCC(=O)OCC(COPOCC(O)[N+](C)(C)C)OC(=O)CCCCCCCCCCCCCCC. The highest BCUT2D eigenvalue weighted by molar-refractivity contribution is 7.26. The molecular formula is C40H81NO7P+. The van der Waals surface area contributed by atoms with Crippen molar-refractivity contribution in [1.29, 1.82) is 0 Å². The number of ether oxygens (including phenoxy) is 2. The average Bonchev–Trinajstić information content (AvgIpc) is 3.07. The van der Waals surface area contributed by atoms with E-state index in [9.17, 15) is 14.7 Å². The molecule has 292 valence electrons. The molecule has 0 aromatic carbocycles. The largest absolute Gasteiger partial charge is 0.462 e. The van der Waals surface area contributed by atoms with Gasteiger partial charge in [-0.15, -0.1) is 0 Å². The minimum Gasteiger partial charge on any atom is -0.462 e. The van der Waals surface area contributed by atoms with E-state index in [-0.39, 0.29) is 40.8 Å². The summed E-state index contributed by atoms with van der Waals surface area (Å²) in [5.41, 5.74) is 0. The number of hydrogen-bond donors (Lipinski definition) is 1. The number of rotatable bonds is 38. The lowest BCUT2D eigenvalue weighted by molar-refractivity contribution is -0.918. The van der Waals surface area contributed by atoms with Crippen molar-refractivity contribution in [2.24, 2.45) is 0 Å². The van der Waals surface area contributed by atoms with Crippen LogP contribution >= 0.6 is 9.03 Å². The fraction of sp³-hybridized carbons (Fsp3) is 0.950. The molecule has 0 amide bonds. The Labute approximate surface area is 305 Å². The van der Waals surface area contributed by atoms with Crippen molar-refractivity contribution in [3.63, 3.8) is 0 Å². The van der Waals surface area contributed by atoms with Gasteiger partial charge in [-0.25, -0.2) is 0 Å². The summed E-state index contributed by atoms with van der Waals surface area (Å²) in [6.45, 7) is 4.72. The Kier molecular flexibility index (Phi) is 35.0. The zero-order valence-electron chi connectivity index (χ0n) is 32.9. The van der Waals surface area contributed by atoms with E-state index in [0.717, 1.165) is 38.5 Å². The normalized spacial score (nSPS) is 13.3. The number of quaternary nitrogens is 1. The predicted molar refractivity (Wildman–Crippen MR) is 206 cm³/mol. The molecule has 0 aliphatic heterocycles. The van der Waals surface area contributed by atoms with Crippen molar-refractivity contribution in [1.82, 2.24) is 0 Å². The zero-order valence-corrected chi connectivity index (χ0v) is 33.9. The van der Waals surface area contributed by atoms with Crippen LogP contribution in [0.2, 0.25) is 0 Å². The third-order valence-corrected chi connectivity index (χ3v) is 9.78. The summed E-state index contributed by atoms with van der Waals surface area (Å²) in [6, 6.07) is 0. The van der Waals surface area contributed by atoms with Crippen LogP contribution in [0.1, 0.15) is 194 Å². The summed E-state index contributed by atoms with van der Waals surface area (Å²) < 4.78 is 22.6. The molecule has 8 nitrogen and oxygen atoms in total. The summed E-state index contributed by atoms with van der Waals surface area (Å²) in [5.74, 6) is -0.542. The molecule has 0 bridgehead atoms. The smallest absolute Gasteiger partial charge is 0.306 e. The highest BCUT2D eigenvalue weighted by Gasteiger charge is 2.21. The van der Waals surface area contributed by atoms with Gasteiger partial charge < -0.3 is 28.1 Å². The Hall–Kier alpha value is -0.790. The van der Waals surface area contributed by atoms with Crippen LogP contribution in [0.3, 0.4) is 0 Å². The van der Waals surface area contributed by atoms with Gasteiger partial charge in [0.2, 0.25) is 6.23 Å². The van der Waals surface area contributed by atoms with Gasteiger partial charge in [-0.05, 0) is 12.8 Å². The fourth-order valence-electron chi connectivity index (χ4n) is 5.69.